The molecule has 4 aliphatic rings. The third-order valence-corrected chi connectivity index (χ3v) is 9.40. The van der Waals surface area contributed by atoms with Crippen molar-refractivity contribution in [3.05, 3.63) is 39.9 Å². The average Bonchev–Trinajstić information content (AvgIpc) is 3.08. The predicted molar refractivity (Wildman–Crippen MR) is 127 cm³/mol. The van der Waals surface area contributed by atoms with Crippen molar-refractivity contribution in [2.24, 2.45) is 23.2 Å². The van der Waals surface area contributed by atoms with E-state index in [1.165, 1.54) is 5.57 Å². The van der Waals surface area contributed by atoms with E-state index in [1.54, 1.807) is 0 Å². The maximum Gasteiger partial charge on any atom is 0.311 e. The van der Waals surface area contributed by atoms with Gasteiger partial charge in [0.2, 0.25) is 0 Å². The zero-order chi connectivity index (χ0) is 22.6. The number of ether oxygens (including phenoxy) is 1. The number of aliphatic hydroxyl groups excluding tert-OH is 1. The average molecular weight is 479 g/mol. The lowest BCUT2D eigenvalue weighted by atomic mass is 9.55. The monoisotopic (exact) mass is 478 g/mol. The predicted octanol–water partition coefficient (Wildman–Crippen LogP) is 4.40. The van der Waals surface area contributed by atoms with E-state index in [0.29, 0.717) is 22.5 Å². The summed E-state index contributed by atoms with van der Waals surface area (Å²) in [7, 11) is 0. The first-order valence-electron chi connectivity index (χ1n) is 11.8. The Labute approximate surface area is 200 Å². The van der Waals surface area contributed by atoms with Gasteiger partial charge in [-0.25, -0.2) is 0 Å². The van der Waals surface area contributed by atoms with Crippen LogP contribution in [0.3, 0.4) is 0 Å². The number of benzene rings is 1. The van der Waals surface area contributed by atoms with Crippen molar-refractivity contribution in [3.8, 4) is 0 Å². The quantitative estimate of drug-likeness (QED) is 0.515. The topological polar surface area (TPSA) is 53.0 Å². The fourth-order valence-electron chi connectivity index (χ4n) is 6.42. The van der Waals surface area contributed by atoms with E-state index in [2.05, 4.69) is 29.7 Å². The second-order valence-electron chi connectivity index (χ2n) is 10.2. The van der Waals surface area contributed by atoms with Crippen molar-refractivity contribution >= 4 is 34.9 Å². The van der Waals surface area contributed by atoms with E-state index in [9.17, 15) is 9.90 Å². The van der Waals surface area contributed by atoms with Crippen LogP contribution in [0.2, 0.25) is 10.0 Å². The molecule has 1 aromatic carbocycles. The Bertz CT molecular complexity index is 930. The fourth-order valence-corrected chi connectivity index (χ4v) is 6.71. The third kappa shape index (κ3) is 3.66. The number of esters is 1. The lowest BCUT2D eigenvalue weighted by Crippen LogP contribution is -2.55. The minimum absolute atomic E-state index is 0.127. The summed E-state index contributed by atoms with van der Waals surface area (Å²) in [5.41, 5.74) is 2.10. The summed E-state index contributed by atoms with van der Waals surface area (Å²) in [5, 5.41) is 12.7. The van der Waals surface area contributed by atoms with Gasteiger partial charge in [0.05, 0.1) is 22.1 Å². The highest BCUT2D eigenvalue weighted by Gasteiger charge is 2.59. The number of piperazine rings is 1. The molecule has 2 heterocycles. The van der Waals surface area contributed by atoms with Gasteiger partial charge >= 0.3 is 5.97 Å². The molecule has 1 saturated carbocycles. The molecule has 174 valence electrons. The molecule has 7 heteroatoms. The minimum Gasteiger partial charge on any atom is -0.461 e. The molecule has 5 rings (SSSR count). The van der Waals surface area contributed by atoms with Gasteiger partial charge in [-0.3, -0.25) is 9.69 Å². The van der Waals surface area contributed by atoms with Gasteiger partial charge < -0.3 is 14.7 Å². The van der Waals surface area contributed by atoms with Crippen molar-refractivity contribution in [1.82, 2.24) is 4.90 Å². The molecule has 0 bridgehead atoms. The van der Waals surface area contributed by atoms with Gasteiger partial charge in [-0.15, -0.1) is 0 Å². The summed E-state index contributed by atoms with van der Waals surface area (Å²) in [6, 6.07) is 5.74. The number of carbonyl (C=O) groups is 1. The van der Waals surface area contributed by atoms with Crippen LogP contribution in [0.1, 0.15) is 33.1 Å². The maximum atomic E-state index is 12.9. The minimum atomic E-state index is -0.545. The van der Waals surface area contributed by atoms with E-state index in [-0.39, 0.29) is 29.3 Å². The van der Waals surface area contributed by atoms with Gasteiger partial charge in [-0.05, 0) is 37.0 Å². The molecular formula is C25H32Cl2N2O3. The SMILES string of the molecule is C[C@@H]1CCC=C2C[C@H]3OC(=O)[C@H](CN4CCN(c5ccc(Cl)c(Cl)c5)CC4)[C@@H]3[C@H](O)[C@@]21C. The van der Waals surface area contributed by atoms with Crippen LogP contribution >= 0.6 is 23.2 Å². The van der Waals surface area contributed by atoms with Gasteiger partial charge in [0.1, 0.15) is 6.10 Å². The van der Waals surface area contributed by atoms with Gasteiger partial charge in [-0.1, -0.05) is 48.7 Å². The van der Waals surface area contributed by atoms with Crippen LogP contribution in [-0.4, -0.2) is 60.9 Å². The number of anilines is 1. The van der Waals surface area contributed by atoms with Crippen LogP contribution in [0.25, 0.3) is 0 Å². The first-order valence-corrected chi connectivity index (χ1v) is 12.5. The Morgan fingerprint density at radius 1 is 1.19 bits per heavy atom. The van der Waals surface area contributed by atoms with Gasteiger partial charge in [0, 0.05) is 56.2 Å². The summed E-state index contributed by atoms with van der Waals surface area (Å²) in [6.45, 7) is 8.52. The summed E-state index contributed by atoms with van der Waals surface area (Å²) in [4.78, 5) is 17.5. The van der Waals surface area contributed by atoms with Crippen molar-refractivity contribution < 1.29 is 14.6 Å². The van der Waals surface area contributed by atoms with E-state index in [4.69, 9.17) is 27.9 Å². The molecule has 5 nitrogen and oxygen atoms in total. The van der Waals surface area contributed by atoms with Gasteiger partial charge in [0.15, 0.2) is 0 Å². The molecule has 0 amide bonds. The second-order valence-corrected chi connectivity index (χ2v) is 11.0. The summed E-state index contributed by atoms with van der Waals surface area (Å²) < 4.78 is 5.83. The maximum absolute atomic E-state index is 12.9. The normalized spacial score (nSPS) is 37.5. The van der Waals surface area contributed by atoms with Crippen molar-refractivity contribution in [1.29, 1.82) is 0 Å². The lowest BCUT2D eigenvalue weighted by Gasteiger charge is -2.52. The van der Waals surface area contributed by atoms with E-state index in [1.807, 2.05) is 18.2 Å². The number of hydrogen-bond acceptors (Lipinski definition) is 5. The first-order chi connectivity index (χ1) is 15.3. The molecule has 1 aromatic rings. The molecule has 2 saturated heterocycles. The molecule has 0 unspecified atom stereocenters. The molecule has 2 aliphatic carbocycles. The highest BCUT2D eigenvalue weighted by Crippen LogP contribution is 2.56. The van der Waals surface area contributed by atoms with Crippen LogP contribution in [0.15, 0.2) is 29.8 Å². The smallest absolute Gasteiger partial charge is 0.311 e. The van der Waals surface area contributed by atoms with Crippen molar-refractivity contribution in [3.63, 3.8) is 0 Å². The van der Waals surface area contributed by atoms with E-state index >= 15 is 0 Å². The largest absolute Gasteiger partial charge is 0.461 e. The Morgan fingerprint density at radius 2 is 1.94 bits per heavy atom. The van der Waals surface area contributed by atoms with Crippen LogP contribution < -0.4 is 4.90 Å². The van der Waals surface area contributed by atoms with E-state index in [0.717, 1.165) is 51.1 Å². The van der Waals surface area contributed by atoms with Crippen molar-refractivity contribution in [2.75, 3.05) is 37.6 Å². The lowest BCUT2D eigenvalue weighted by molar-refractivity contribution is -0.145. The highest BCUT2D eigenvalue weighted by atomic mass is 35.5. The number of aliphatic hydroxyl groups is 1. The number of halogens is 2. The summed E-state index contributed by atoms with van der Waals surface area (Å²) in [5.74, 6) is -0.122. The van der Waals surface area contributed by atoms with Gasteiger partial charge in [-0.2, -0.15) is 0 Å². The molecule has 0 radical (unpaired) electrons. The number of carbonyl (C=O) groups excluding carboxylic acids is 1. The number of hydrogen-bond donors (Lipinski definition) is 1. The highest BCUT2D eigenvalue weighted by molar-refractivity contribution is 6.42. The Hall–Kier alpha value is -1.27. The number of fused-ring (bicyclic) bond motifs is 2. The summed E-state index contributed by atoms with van der Waals surface area (Å²) in [6.07, 6.45) is 4.46. The molecule has 0 aromatic heterocycles. The molecule has 6 atom stereocenters. The molecule has 2 aliphatic heterocycles. The Morgan fingerprint density at radius 3 is 2.66 bits per heavy atom. The molecule has 3 fully saturated rings. The van der Waals surface area contributed by atoms with Crippen LogP contribution in [0.4, 0.5) is 5.69 Å². The number of nitrogens with zero attached hydrogens (tertiary/aromatic N) is 2. The Kier molecular flexibility index (Phi) is 5.98. The second kappa shape index (κ2) is 8.50. The zero-order valence-electron chi connectivity index (χ0n) is 18.8. The van der Waals surface area contributed by atoms with Gasteiger partial charge in [0.25, 0.3) is 0 Å². The number of rotatable bonds is 3. The van der Waals surface area contributed by atoms with Crippen LogP contribution in [0.5, 0.6) is 0 Å². The first kappa shape index (κ1) is 22.5. The molecular weight excluding hydrogens is 447 g/mol. The fraction of sp³-hybridized carbons (Fsp3) is 0.640. The van der Waals surface area contributed by atoms with Crippen LogP contribution in [-0.2, 0) is 9.53 Å². The molecule has 1 N–H and O–H groups in total. The van der Waals surface area contributed by atoms with Crippen molar-refractivity contribution in [2.45, 2.75) is 45.3 Å². The third-order valence-electron chi connectivity index (χ3n) is 8.67. The van der Waals surface area contributed by atoms with Crippen LogP contribution in [0, 0.1) is 23.2 Å². The molecule has 0 spiro atoms. The zero-order valence-corrected chi connectivity index (χ0v) is 20.3. The van der Waals surface area contributed by atoms with E-state index < -0.39 is 6.10 Å². The standard InChI is InChI=1S/C25H32Cl2N2O3/c1-15-4-3-5-16-12-21-22(23(30)25(15,16)2)18(24(31)32-21)14-28-8-10-29(11-9-28)17-6-7-19(26)20(27)13-17/h5-7,13,15,18,21-23,30H,3-4,8-12,14H2,1-2H3/t15-,18-,21-,22+,23+,25-/m1/s1. The summed E-state index contributed by atoms with van der Waals surface area (Å²) >= 11 is 12.2. The molecule has 32 heavy (non-hydrogen) atoms. The number of allylic oxidation sites excluding steroid dienone is 1. The Balaban J connectivity index is 1.27.